The summed E-state index contributed by atoms with van der Waals surface area (Å²) in [5.41, 5.74) is 1.57. The first-order chi connectivity index (χ1) is 15.0. The highest BCUT2D eigenvalue weighted by Crippen LogP contribution is 2.17. The van der Waals surface area contributed by atoms with Crippen LogP contribution in [0.5, 0.6) is 0 Å². The van der Waals surface area contributed by atoms with Gasteiger partial charge in [-0.05, 0) is 49.2 Å². The smallest absolute Gasteiger partial charge is 0.316 e. The zero-order valence-electron chi connectivity index (χ0n) is 17.4. The first kappa shape index (κ1) is 21.3. The second-order valence-electron chi connectivity index (χ2n) is 7.78. The number of nitrogens with zero attached hydrogens (tertiary/aromatic N) is 3. The molecule has 8 heteroatoms. The van der Waals surface area contributed by atoms with E-state index >= 15 is 0 Å². The molecule has 0 aliphatic carbocycles. The summed E-state index contributed by atoms with van der Waals surface area (Å²) < 4.78 is 1.42. The lowest BCUT2D eigenvalue weighted by Crippen LogP contribution is -2.36. The highest BCUT2D eigenvalue weighted by atomic mass is 35.5. The lowest BCUT2D eigenvalue weighted by atomic mass is 10.1. The van der Waals surface area contributed by atoms with Crippen molar-refractivity contribution >= 4 is 28.5 Å². The molecule has 2 aromatic carbocycles. The third-order valence-corrected chi connectivity index (χ3v) is 5.99. The molecule has 0 radical (unpaired) electrons. The maximum atomic E-state index is 13.1. The number of halogens is 1. The maximum Gasteiger partial charge on any atom is 0.316 e. The minimum Gasteiger partial charge on any atom is -0.337 e. The number of carbonyl (C=O) groups excluding carboxylic acids is 1. The summed E-state index contributed by atoms with van der Waals surface area (Å²) in [5.74, 6) is -0.0645. The number of carbonyl (C=O) groups is 1. The van der Waals surface area contributed by atoms with Crippen LogP contribution in [-0.4, -0.2) is 51.4 Å². The second kappa shape index (κ2) is 9.08. The van der Waals surface area contributed by atoms with Crippen molar-refractivity contribution < 1.29 is 4.79 Å². The Morgan fingerprint density at radius 3 is 2.55 bits per heavy atom. The van der Waals surface area contributed by atoms with Gasteiger partial charge in [0, 0.05) is 49.9 Å². The molecule has 1 N–H and O–H groups in total. The molecule has 0 unspecified atom stereocenters. The van der Waals surface area contributed by atoms with Crippen molar-refractivity contribution in [1.29, 1.82) is 0 Å². The number of hydrogen-bond donors (Lipinski definition) is 1. The molecule has 1 saturated heterocycles. The molecule has 1 aliphatic heterocycles. The van der Waals surface area contributed by atoms with Crippen LogP contribution in [-0.2, 0) is 13.1 Å². The van der Waals surface area contributed by atoms with E-state index in [2.05, 4.69) is 9.88 Å². The standard InChI is InChI=1S/C23H25ClN4O3/c1-2-28-20-9-6-17(14-19(20)25-21(29)23(28)31)22(30)27-11-3-10-26(12-13-27)15-16-4-7-18(24)8-5-16/h4-9,14H,2-3,10-13,15H2,1H3,(H,25,29). The summed E-state index contributed by atoms with van der Waals surface area (Å²) in [6.45, 7) is 6.04. The molecule has 1 aromatic heterocycles. The van der Waals surface area contributed by atoms with E-state index in [1.807, 2.05) is 36.1 Å². The maximum absolute atomic E-state index is 13.1. The fraction of sp³-hybridized carbons (Fsp3) is 0.348. The molecular weight excluding hydrogens is 416 g/mol. The van der Waals surface area contributed by atoms with Crippen LogP contribution in [0.25, 0.3) is 11.0 Å². The van der Waals surface area contributed by atoms with Crippen LogP contribution in [0.1, 0.15) is 29.3 Å². The lowest BCUT2D eigenvalue weighted by molar-refractivity contribution is 0.0761. The van der Waals surface area contributed by atoms with Crippen molar-refractivity contribution in [1.82, 2.24) is 19.4 Å². The lowest BCUT2D eigenvalue weighted by Gasteiger charge is -2.22. The van der Waals surface area contributed by atoms with Gasteiger partial charge in [0.1, 0.15) is 0 Å². The summed E-state index contributed by atoms with van der Waals surface area (Å²) in [7, 11) is 0. The average Bonchev–Trinajstić information content (AvgIpc) is 3.01. The number of fused-ring (bicyclic) bond motifs is 1. The summed E-state index contributed by atoms with van der Waals surface area (Å²) in [4.78, 5) is 43.9. The van der Waals surface area contributed by atoms with Gasteiger partial charge in [-0.1, -0.05) is 23.7 Å². The van der Waals surface area contributed by atoms with Crippen molar-refractivity contribution in [2.24, 2.45) is 0 Å². The number of rotatable bonds is 4. The van der Waals surface area contributed by atoms with Gasteiger partial charge >= 0.3 is 11.1 Å². The molecule has 3 aromatic rings. The third-order valence-electron chi connectivity index (χ3n) is 5.73. The Bertz CT molecular complexity index is 1220. The molecule has 0 bridgehead atoms. The zero-order valence-corrected chi connectivity index (χ0v) is 18.2. The Hall–Kier alpha value is -2.90. The van der Waals surface area contributed by atoms with E-state index in [4.69, 9.17) is 11.6 Å². The largest absolute Gasteiger partial charge is 0.337 e. The molecule has 162 valence electrons. The quantitative estimate of drug-likeness (QED) is 0.633. The number of hydrogen-bond acceptors (Lipinski definition) is 4. The average molecular weight is 441 g/mol. The van der Waals surface area contributed by atoms with E-state index < -0.39 is 11.1 Å². The van der Waals surface area contributed by atoms with E-state index in [0.29, 0.717) is 36.2 Å². The normalized spacial score (nSPS) is 15.2. The number of benzene rings is 2. The molecule has 0 spiro atoms. The van der Waals surface area contributed by atoms with Gasteiger partial charge in [0.2, 0.25) is 0 Å². The highest BCUT2D eigenvalue weighted by molar-refractivity contribution is 6.30. The third kappa shape index (κ3) is 4.57. The van der Waals surface area contributed by atoms with Gasteiger partial charge in [0.25, 0.3) is 5.91 Å². The molecule has 7 nitrogen and oxygen atoms in total. The molecule has 1 fully saturated rings. The van der Waals surface area contributed by atoms with Gasteiger partial charge in [0.05, 0.1) is 11.0 Å². The number of H-pyrrole nitrogens is 1. The van der Waals surface area contributed by atoms with Crippen molar-refractivity contribution in [2.45, 2.75) is 26.4 Å². The summed E-state index contributed by atoms with van der Waals surface area (Å²) >= 11 is 5.97. The minimum atomic E-state index is -0.674. The van der Waals surface area contributed by atoms with E-state index in [9.17, 15) is 14.4 Å². The summed E-state index contributed by atoms with van der Waals surface area (Å²) in [5, 5.41) is 0.726. The fourth-order valence-corrected chi connectivity index (χ4v) is 4.21. The van der Waals surface area contributed by atoms with Crippen molar-refractivity contribution in [3.05, 3.63) is 79.3 Å². The van der Waals surface area contributed by atoms with E-state index in [1.54, 1.807) is 18.2 Å². The SMILES string of the molecule is CCn1c(=O)c(=O)[nH]c2cc(C(=O)N3CCCN(Cc4ccc(Cl)cc4)CC3)ccc21. The molecule has 1 aliphatic rings. The van der Waals surface area contributed by atoms with Crippen LogP contribution in [0, 0.1) is 0 Å². The van der Waals surface area contributed by atoms with Crippen molar-refractivity contribution in [3.8, 4) is 0 Å². The monoisotopic (exact) mass is 440 g/mol. The van der Waals surface area contributed by atoms with Gasteiger partial charge in [-0.15, -0.1) is 0 Å². The summed E-state index contributed by atoms with van der Waals surface area (Å²) in [6, 6.07) is 13.0. The van der Waals surface area contributed by atoms with E-state index in [-0.39, 0.29) is 5.91 Å². The first-order valence-corrected chi connectivity index (χ1v) is 10.9. The predicted molar refractivity (Wildman–Crippen MR) is 122 cm³/mol. The van der Waals surface area contributed by atoms with Crippen molar-refractivity contribution in [2.75, 3.05) is 26.2 Å². The first-order valence-electron chi connectivity index (χ1n) is 10.5. The molecule has 0 saturated carbocycles. The Kier molecular flexibility index (Phi) is 6.25. The van der Waals surface area contributed by atoms with Gasteiger partial charge in [-0.25, -0.2) is 0 Å². The number of aromatic amines is 1. The number of nitrogens with one attached hydrogen (secondary N) is 1. The molecule has 2 heterocycles. The highest BCUT2D eigenvalue weighted by Gasteiger charge is 2.21. The van der Waals surface area contributed by atoms with Gasteiger partial charge in [-0.3, -0.25) is 19.3 Å². The zero-order chi connectivity index (χ0) is 22.0. The fourth-order valence-electron chi connectivity index (χ4n) is 4.09. The molecule has 4 rings (SSSR count). The van der Waals surface area contributed by atoms with Crippen LogP contribution < -0.4 is 11.1 Å². The van der Waals surface area contributed by atoms with Crippen LogP contribution in [0.15, 0.2) is 52.1 Å². The predicted octanol–water partition coefficient (Wildman–Crippen LogP) is 2.71. The Morgan fingerprint density at radius 2 is 1.81 bits per heavy atom. The van der Waals surface area contributed by atoms with Crippen molar-refractivity contribution in [3.63, 3.8) is 0 Å². The Morgan fingerprint density at radius 1 is 1.03 bits per heavy atom. The van der Waals surface area contributed by atoms with Crippen LogP contribution >= 0.6 is 11.6 Å². The van der Waals surface area contributed by atoms with Crippen LogP contribution in [0.3, 0.4) is 0 Å². The van der Waals surface area contributed by atoms with E-state index in [1.165, 1.54) is 10.1 Å². The van der Waals surface area contributed by atoms with Crippen LogP contribution in [0.2, 0.25) is 5.02 Å². The summed E-state index contributed by atoms with van der Waals surface area (Å²) in [6.07, 6.45) is 0.888. The minimum absolute atomic E-state index is 0.0645. The second-order valence-corrected chi connectivity index (χ2v) is 8.22. The molecule has 0 atom stereocenters. The number of aromatic nitrogens is 2. The molecule has 1 amide bonds. The van der Waals surface area contributed by atoms with E-state index in [0.717, 1.165) is 31.1 Å². The van der Waals surface area contributed by atoms with Crippen LogP contribution in [0.4, 0.5) is 0 Å². The van der Waals surface area contributed by atoms with Gasteiger partial charge < -0.3 is 14.5 Å². The molecule has 31 heavy (non-hydrogen) atoms. The van der Waals surface area contributed by atoms with Gasteiger partial charge in [0.15, 0.2) is 0 Å². The Balaban J connectivity index is 1.49. The number of amides is 1. The topological polar surface area (TPSA) is 78.4 Å². The Labute approximate surface area is 184 Å². The van der Waals surface area contributed by atoms with Gasteiger partial charge in [-0.2, -0.15) is 0 Å². The number of aryl methyl sites for hydroxylation is 1. The molecular formula is C23H25ClN4O3.